The van der Waals surface area contributed by atoms with Crippen LogP contribution in [0.4, 0.5) is 5.69 Å². The summed E-state index contributed by atoms with van der Waals surface area (Å²) < 4.78 is 23.6. The molecule has 0 aliphatic heterocycles. The van der Waals surface area contributed by atoms with Gasteiger partial charge in [0.15, 0.2) is 9.84 Å². The molecule has 9 heteroatoms. The molecule has 0 saturated carbocycles. The number of carbonyl (C=O) groups excluding carboxylic acids is 1. The predicted molar refractivity (Wildman–Crippen MR) is 86.8 cm³/mol. The summed E-state index contributed by atoms with van der Waals surface area (Å²) in [6.45, 7) is 3.06. The van der Waals surface area contributed by atoms with Crippen LogP contribution in [-0.2, 0) is 14.6 Å². The number of benzene rings is 1. The first kappa shape index (κ1) is 18.4. The highest BCUT2D eigenvalue weighted by molar-refractivity contribution is 7.92. The largest absolute Gasteiger partial charge is 0.296 e. The van der Waals surface area contributed by atoms with Crippen LogP contribution in [0.25, 0.3) is 0 Å². The Morgan fingerprint density at radius 3 is 2.24 bits per heavy atom. The molecule has 0 aromatic heterocycles. The summed E-state index contributed by atoms with van der Waals surface area (Å²) in [6, 6.07) is 2.89. The molecule has 118 valence electrons. The van der Waals surface area contributed by atoms with Gasteiger partial charge in [-0.3, -0.25) is 15.6 Å². The normalized spacial score (nSPS) is 12.8. The second kappa shape index (κ2) is 7.54. The van der Waals surface area contributed by atoms with Crippen molar-refractivity contribution < 1.29 is 13.2 Å². The molecule has 1 aromatic carbocycles. The van der Waals surface area contributed by atoms with Gasteiger partial charge in [0.1, 0.15) is 5.25 Å². The third kappa shape index (κ3) is 4.92. The van der Waals surface area contributed by atoms with Crippen LogP contribution in [0.15, 0.2) is 12.1 Å². The summed E-state index contributed by atoms with van der Waals surface area (Å²) in [5, 5.41) is -0.413. The lowest BCUT2D eigenvalue weighted by atomic mass is 10.3. The number of anilines is 1. The van der Waals surface area contributed by atoms with E-state index in [1.807, 2.05) is 0 Å². The first-order valence-electron chi connectivity index (χ1n) is 6.11. The van der Waals surface area contributed by atoms with Crippen molar-refractivity contribution in [2.45, 2.75) is 25.5 Å². The molecule has 0 heterocycles. The Morgan fingerprint density at radius 1 is 1.24 bits per heavy atom. The summed E-state index contributed by atoms with van der Waals surface area (Å²) in [5.74, 6) is -0.741. The number of sulfone groups is 1. The predicted octanol–water partition coefficient (Wildman–Crippen LogP) is 3.30. The lowest BCUT2D eigenvalue weighted by molar-refractivity contribution is -0.119. The first-order chi connectivity index (χ1) is 9.69. The van der Waals surface area contributed by atoms with E-state index in [2.05, 4.69) is 10.9 Å². The molecule has 0 bridgehead atoms. The van der Waals surface area contributed by atoms with Crippen LogP contribution in [0.3, 0.4) is 0 Å². The van der Waals surface area contributed by atoms with Gasteiger partial charge in [-0.05, 0) is 25.5 Å². The Morgan fingerprint density at radius 2 is 1.76 bits per heavy atom. The average Bonchev–Trinajstić information content (AvgIpc) is 2.36. The van der Waals surface area contributed by atoms with Crippen LogP contribution in [-0.4, -0.2) is 25.3 Å². The molecule has 0 fully saturated rings. The Labute approximate surface area is 138 Å². The molecule has 21 heavy (non-hydrogen) atoms. The van der Waals surface area contributed by atoms with Crippen molar-refractivity contribution in [1.29, 1.82) is 0 Å². The van der Waals surface area contributed by atoms with Gasteiger partial charge in [0, 0.05) is 5.02 Å². The third-order valence-corrected chi connectivity index (χ3v) is 5.80. The van der Waals surface area contributed by atoms with E-state index in [-0.39, 0.29) is 21.5 Å². The Bertz CT molecular complexity index is 612. The van der Waals surface area contributed by atoms with Crippen molar-refractivity contribution in [3.63, 3.8) is 0 Å². The van der Waals surface area contributed by atoms with Crippen molar-refractivity contribution in [2.75, 3.05) is 11.2 Å². The zero-order valence-corrected chi connectivity index (χ0v) is 14.5. The van der Waals surface area contributed by atoms with Crippen LogP contribution < -0.4 is 10.9 Å². The summed E-state index contributed by atoms with van der Waals surface area (Å²) in [6.07, 6.45) is 0.447. The van der Waals surface area contributed by atoms with Crippen LogP contribution in [0.1, 0.15) is 20.3 Å². The molecule has 1 aromatic rings. The van der Waals surface area contributed by atoms with Gasteiger partial charge < -0.3 is 0 Å². The fourth-order valence-electron chi connectivity index (χ4n) is 1.51. The van der Waals surface area contributed by atoms with E-state index in [1.54, 1.807) is 6.92 Å². The lowest BCUT2D eigenvalue weighted by Crippen LogP contribution is -2.41. The van der Waals surface area contributed by atoms with Crippen LogP contribution in [0.5, 0.6) is 0 Å². The number of rotatable bonds is 6. The summed E-state index contributed by atoms with van der Waals surface area (Å²) in [5.41, 5.74) is 5.05. The maximum atomic E-state index is 11.9. The average molecular weight is 374 g/mol. The number of amides is 1. The van der Waals surface area contributed by atoms with Crippen molar-refractivity contribution in [3.8, 4) is 0 Å². The minimum atomic E-state index is -3.48. The molecule has 0 aliphatic carbocycles. The molecule has 1 atom stereocenters. The minimum absolute atomic E-state index is 0.0515. The number of halogens is 3. The smallest absolute Gasteiger partial charge is 0.256 e. The van der Waals surface area contributed by atoms with Crippen LogP contribution in [0.2, 0.25) is 15.1 Å². The van der Waals surface area contributed by atoms with Crippen molar-refractivity contribution in [3.05, 3.63) is 27.2 Å². The van der Waals surface area contributed by atoms with E-state index in [4.69, 9.17) is 34.8 Å². The topological polar surface area (TPSA) is 75.3 Å². The van der Waals surface area contributed by atoms with E-state index in [0.717, 1.165) is 0 Å². The molecule has 1 rings (SSSR count). The molecule has 0 aliphatic rings. The number of carbonyl (C=O) groups is 1. The van der Waals surface area contributed by atoms with E-state index in [0.29, 0.717) is 11.4 Å². The first-order valence-corrected chi connectivity index (χ1v) is 8.96. The maximum Gasteiger partial charge on any atom is 0.256 e. The third-order valence-electron chi connectivity index (χ3n) is 2.71. The van der Waals surface area contributed by atoms with Gasteiger partial charge in [-0.15, -0.1) is 0 Å². The van der Waals surface area contributed by atoms with Gasteiger partial charge in [-0.2, -0.15) is 0 Å². The van der Waals surface area contributed by atoms with Gasteiger partial charge in [0.25, 0.3) is 5.91 Å². The molecule has 0 unspecified atom stereocenters. The van der Waals surface area contributed by atoms with E-state index >= 15 is 0 Å². The molecule has 0 radical (unpaired) electrons. The maximum absolute atomic E-state index is 11.9. The number of nitrogens with one attached hydrogen (secondary N) is 2. The molecule has 1 amide bonds. The number of hydrogen-bond acceptors (Lipinski definition) is 4. The van der Waals surface area contributed by atoms with Gasteiger partial charge in [-0.25, -0.2) is 8.42 Å². The van der Waals surface area contributed by atoms with Gasteiger partial charge >= 0.3 is 0 Å². The van der Waals surface area contributed by atoms with E-state index < -0.39 is 21.0 Å². The summed E-state index contributed by atoms with van der Waals surface area (Å²) >= 11 is 17.6. The standard InChI is InChI=1S/C12H15Cl3N2O3S/c1-3-4-21(19,20)7(2)12(18)17-16-11-9(14)5-8(13)6-10(11)15/h5-7,16H,3-4H2,1-2H3,(H,17,18)/t7-/m1/s1. The van der Waals surface area contributed by atoms with Crippen molar-refractivity contribution >= 4 is 56.2 Å². The van der Waals surface area contributed by atoms with Gasteiger partial charge in [-0.1, -0.05) is 41.7 Å². The highest BCUT2D eigenvalue weighted by atomic mass is 35.5. The van der Waals surface area contributed by atoms with Crippen LogP contribution >= 0.6 is 34.8 Å². The Hall–Kier alpha value is -0.690. The molecule has 0 saturated heterocycles. The summed E-state index contributed by atoms with van der Waals surface area (Å²) in [7, 11) is -3.48. The highest BCUT2D eigenvalue weighted by Crippen LogP contribution is 2.33. The fraction of sp³-hybridized carbons (Fsp3) is 0.417. The SMILES string of the molecule is CCCS(=O)(=O)[C@H](C)C(=O)NNc1c(Cl)cc(Cl)cc1Cl. The highest BCUT2D eigenvalue weighted by Gasteiger charge is 2.27. The van der Waals surface area contributed by atoms with E-state index in [1.165, 1.54) is 19.1 Å². The Balaban J connectivity index is 2.78. The monoisotopic (exact) mass is 372 g/mol. The van der Waals surface area contributed by atoms with Crippen molar-refractivity contribution in [1.82, 2.24) is 5.43 Å². The van der Waals surface area contributed by atoms with Gasteiger partial charge in [0.2, 0.25) is 0 Å². The van der Waals surface area contributed by atoms with Crippen molar-refractivity contribution in [2.24, 2.45) is 0 Å². The molecular weight excluding hydrogens is 359 g/mol. The molecule has 0 spiro atoms. The molecular formula is C12H15Cl3N2O3S. The zero-order chi connectivity index (χ0) is 16.2. The minimum Gasteiger partial charge on any atom is -0.296 e. The fourth-order valence-corrected chi connectivity index (χ4v) is 3.73. The van der Waals surface area contributed by atoms with Gasteiger partial charge in [0.05, 0.1) is 21.5 Å². The Kier molecular flexibility index (Phi) is 6.59. The number of hydrazine groups is 1. The zero-order valence-electron chi connectivity index (χ0n) is 11.4. The quantitative estimate of drug-likeness (QED) is 0.750. The summed E-state index contributed by atoms with van der Waals surface area (Å²) in [4.78, 5) is 11.9. The second-order valence-corrected chi connectivity index (χ2v) is 8.06. The lowest BCUT2D eigenvalue weighted by Gasteiger charge is -2.15. The van der Waals surface area contributed by atoms with E-state index in [9.17, 15) is 13.2 Å². The second-order valence-electron chi connectivity index (χ2n) is 4.37. The number of hydrogen-bond donors (Lipinski definition) is 2. The van der Waals surface area contributed by atoms with Crippen LogP contribution in [0, 0.1) is 0 Å². The molecule has 2 N–H and O–H groups in total. The molecule has 5 nitrogen and oxygen atoms in total.